The third-order valence-electron chi connectivity index (χ3n) is 2.96. The molecule has 0 aliphatic heterocycles. The maximum atomic E-state index is 5.15. The van der Waals surface area contributed by atoms with E-state index in [4.69, 9.17) is 9.47 Å². The van der Waals surface area contributed by atoms with Gasteiger partial charge in [0, 0.05) is 5.56 Å². The van der Waals surface area contributed by atoms with Gasteiger partial charge in [-0.25, -0.2) is 0 Å². The zero-order chi connectivity index (χ0) is 16.2. The normalized spacial score (nSPS) is 10.4. The number of hydrogen-bond donors (Lipinski definition) is 0. The van der Waals surface area contributed by atoms with Crippen molar-refractivity contribution in [3.8, 4) is 11.5 Å². The summed E-state index contributed by atoms with van der Waals surface area (Å²) < 4.78 is 10.2. The van der Waals surface area contributed by atoms with Crippen LogP contribution < -0.4 is 9.47 Å². The fraction of sp³-hybridized carbons (Fsp3) is 0.200. The summed E-state index contributed by atoms with van der Waals surface area (Å²) in [5, 5.41) is 0. The maximum Gasteiger partial charge on any atom is 0.126 e. The highest BCUT2D eigenvalue weighted by Crippen LogP contribution is 2.18. The summed E-state index contributed by atoms with van der Waals surface area (Å²) in [6.07, 6.45) is 8.10. The SMILES string of the molecule is CC=Cc1ccc(OC)cc1.CC=Cc1ccccc1OC. The summed E-state index contributed by atoms with van der Waals surface area (Å²) in [6.45, 7) is 4.00. The Labute approximate surface area is 133 Å². The zero-order valence-corrected chi connectivity index (χ0v) is 13.7. The van der Waals surface area contributed by atoms with Crippen LogP contribution in [0.5, 0.6) is 11.5 Å². The Morgan fingerprint density at radius 2 is 1.36 bits per heavy atom. The van der Waals surface area contributed by atoms with Crippen LogP contribution in [0.1, 0.15) is 25.0 Å². The summed E-state index contributed by atoms with van der Waals surface area (Å²) in [5.41, 5.74) is 2.32. The molecule has 0 aromatic heterocycles. The fourth-order valence-corrected chi connectivity index (χ4v) is 1.89. The average molecular weight is 296 g/mol. The van der Waals surface area contributed by atoms with Gasteiger partial charge in [-0.1, -0.05) is 54.6 Å². The van der Waals surface area contributed by atoms with E-state index in [2.05, 4.69) is 6.08 Å². The van der Waals surface area contributed by atoms with Crippen LogP contribution in [0.3, 0.4) is 0 Å². The van der Waals surface area contributed by atoms with Gasteiger partial charge in [0.25, 0.3) is 0 Å². The number of benzene rings is 2. The topological polar surface area (TPSA) is 18.5 Å². The lowest BCUT2D eigenvalue weighted by Gasteiger charge is -2.02. The lowest BCUT2D eigenvalue weighted by atomic mass is 10.2. The van der Waals surface area contributed by atoms with Gasteiger partial charge in [-0.05, 0) is 37.6 Å². The number of ether oxygens (including phenoxy) is 2. The highest BCUT2D eigenvalue weighted by atomic mass is 16.5. The van der Waals surface area contributed by atoms with E-state index < -0.39 is 0 Å². The van der Waals surface area contributed by atoms with E-state index >= 15 is 0 Å². The number of methoxy groups -OCH3 is 2. The minimum atomic E-state index is 0.901. The molecule has 2 heteroatoms. The number of allylic oxidation sites excluding steroid dienone is 2. The van der Waals surface area contributed by atoms with Crippen LogP contribution >= 0.6 is 0 Å². The number of rotatable bonds is 4. The van der Waals surface area contributed by atoms with Crippen LogP contribution in [0.25, 0.3) is 12.2 Å². The molecule has 0 aliphatic carbocycles. The van der Waals surface area contributed by atoms with Crippen LogP contribution in [0, 0.1) is 0 Å². The van der Waals surface area contributed by atoms with Gasteiger partial charge in [-0.2, -0.15) is 0 Å². The fourth-order valence-electron chi connectivity index (χ4n) is 1.89. The first-order valence-electron chi connectivity index (χ1n) is 7.27. The minimum absolute atomic E-state index is 0.901. The molecule has 0 amide bonds. The van der Waals surface area contributed by atoms with Gasteiger partial charge in [0.1, 0.15) is 11.5 Å². The molecule has 2 aromatic rings. The Hall–Kier alpha value is -2.48. The lowest BCUT2D eigenvalue weighted by Crippen LogP contribution is -1.84. The summed E-state index contributed by atoms with van der Waals surface area (Å²) in [6, 6.07) is 15.9. The molecule has 0 spiro atoms. The molecule has 0 fully saturated rings. The van der Waals surface area contributed by atoms with Crippen molar-refractivity contribution < 1.29 is 9.47 Å². The maximum absolute atomic E-state index is 5.15. The zero-order valence-electron chi connectivity index (χ0n) is 13.7. The van der Waals surface area contributed by atoms with E-state index in [1.165, 1.54) is 5.56 Å². The van der Waals surface area contributed by atoms with Crippen molar-refractivity contribution >= 4 is 12.2 Å². The van der Waals surface area contributed by atoms with Crippen molar-refractivity contribution in [2.75, 3.05) is 14.2 Å². The van der Waals surface area contributed by atoms with Gasteiger partial charge in [-0.15, -0.1) is 0 Å². The molecule has 116 valence electrons. The third kappa shape index (κ3) is 5.88. The van der Waals surface area contributed by atoms with Gasteiger partial charge < -0.3 is 9.47 Å². The molecule has 0 bridgehead atoms. The Kier molecular flexibility index (Phi) is 8.21. The molecule has 22 heavy (non-hydrogen) atoms. The molecule has 0 aliphatic rings. The second kappa shape index (κ2) is 10.3. The minimum Gasteiger partial charge on any atom is -0.497 e. The molecule has 2 rings (SSSR count). The first-order valence-corrected chi connectivity index (χ1v) is 7.27. The van der Waals surface area contributed by atoms with E-state index in [0.717, 1.165) is 17.1 Å². The Bertz CT molecular complexity index is 595. The molecular formula is C20H24O2. The number of hydrogen-bond acceptors (Lipinski definition) is 2. The van der Waals surface area contributed by atoms with Gasteiger partial charge >= 0.3 is 0 Å². The molecule has 2 nitrogen and oxygen atoms in total. The van der Waals surface area contributed by atoms with E-state index in [-0.39, 0.29) is 0 Å². The predicted octanol–water partition coefficient (Wildman–Crippen LogP) is 5.46. The molecule has 0 N–H and O–H groups in total. The van der Waals surface area contributed by atoms with Crippen molar-refractivity contribution in [3.05, 3.63) is 71.8 Å². The largest absolute Gasteiger partial charge is 0.497 e. The molecule has 0 saturated carbocycles. The van der Waals surface area contributed by atoms with Crippen molar-refractivity contribution in [1.82, 2.24) is 0 Å². The Balaban J connectivity index is 0.000000220. The third-order valence-corrected chi connectivity index (χ3v) is 2.96. The Morgan fingerprint density at radius 1 is 0.727 bits per heavy atom. The first-order chi connectivity index (χ1) is 10.7. The lowest BCUT2D eigenvalue weighted by molar-refractivity contribution is 0.414. The molecular weight excluding hydrogens is 272 g/mol. The van der Waals surface area contributed by atoms with Gasteiger partial charge in [-0.3, -0.25) is 0 Å². The summed E-state index contributed by atoms with van der Waals surface area (Å²) >= 11 is 0. The van der Waals surface area contributed by atoms with Crippen LogP contribution in [0.15, 0.2) is 60.7 Å². The summed E-state index contributed by atoms with van der Waals surface area (Å²) in [4.78, 5) is 0. The highest BCUT2D eigenvalue weighted by Gasteiger charge is 1.94. The molecule has 0 atom stereocenters. The van der Waals surface area contributed by atoms with Gasteiger partial charge in [0.15, 0.2) is 0 Å². The quantitative estimate of drug-likeness (QED) is 0.746. The first kappa shape index (κ1) is 17.6. The van der Waals surface area contributed by atoms with E-state index in [9.17, 15) is 0 Å². The second-order valence-electron chi connectivity index (χ2n) is 4.52. The molecule has 0 saturated heterocycles. The van der Waals surface area contributed by atoms with Crippen LogP contribution in [-0.2, 0) is 0 Å². The molecule has 0 unspecified atom stereocenters. The monoisotopic (exact) mass is 296 g/mol. The van der Waals surface area contributed by atoms with E-state index in [0.29, 0.717) is 0 Å². The van der Waals surface area contributed by atoms with E-state index in [1.807, 2.05) is 80.6 Å². The van der Waals surface area contributed by atoms with Gasteiger partial charge in [0.2, 0.25) is 0 Å². The highest BCUT2D eigenvalue weighted by molar-refractivity contribution is 5.56. The number of para-hydroxylation sites is 1. The standard InChI is InChI=1S/2C10H12O/c1-3-6-9-7-4-5-8-10(9)11-2;1-3-4-9-5-7-10(11-2)8-6-9/h2*3-8H,1-2H3. The smallest absolute Gasteiger partial charge is 0.126 e. The molecule has 0 heterocycles. The molecule has 2 aromatic carbocycles. The van der Waals surface area contributed by atoms with Crippen molar-refractivity contribution in [2.24, 2.45) is 0 Å². The van der Waals surface area contributed by atoms with E-state index in [1.54, 1.807) is 14.2 Å². The summed E-state index contributed by atoms with van der Waals surface area (Å²) in [5.74, 6) is 1.82. The van der Waals surface area contributed by atoms with Crippen LogP contribution in [-0.4, -0.2) is 14.2 Å². The van der Waals surface area contributed by atoms with Gasteiger partial charge in [0.05, 0.1) is 14.2 Å². The second-order valence-corrected chi connectivity index (χ2v) is 4.52. The van der Waals surface area contributed by atoms with Crippen molar-refractivity contribution in [3.63, 3.8) is 0 Å². The Morgan fingerprint density at radius 3 is 1.91 bits per heavy atom. The van der Waals surface area contributed by atoms with Crippen LogP contribution in [0.2, 0.25) is 0 Å². The average Bonchev–Trinajstić information content (AvgIpc) is 2.57. The van der Waals surface area contributed by atoms with Crippen LogP contribution in [0.4, 0.5) is 0 Å². The molecule has 0 radical (unpaired) electrons. The van der Waals surface area contributed by atoms with Crippen molar-refractivity contribution in [2.45, 2.75) is 13.8 Å². The predicted molar refractivity (Wildman–Crippen MR) is 95.4 cm³/mol. The summed E-state index contributed by atoms with van der Waals surface area (Å²) in [7, 11) is 3.35. The van der Waals surface area contributed by atoms with Crippen molar-refractivity contribution in [1.29, 1.82) is 0 Å².